The standard InChI is InChI=1S/C14H21ClN2O/c15-8-3-5-12(17-16)10-14-13-6-2-1-4-11(13)7-9-18-14/h1-2,4,6,12,14,17H,3,5,7-10,16H2. The van der Waals surface area contributed by atoms with Crippen LogP contribution >= 0.6 is 11.6 Å². The van der Waals surface area contributed by atoms with Crippen molar-refractivity contribution in [1.82, 2.24) is 5.43 Å². The second-order valence-electron chi connectivity index (χ2n) is 4.74. The molecule has 0 aliphatic carbocycles. The van der Waals surface area contributed by atoms with Crippen molar-refractivity contribution in [3.8, 4) is 0 Å². The number of hydrogen-bond donors (Lipinski definition) is 2. The van der Waals surface area contributed by atoms with Gasteiger partial charge in [0.25, 0.3) is 0 Å². The lowest BCUT2D eigenvalue weighted by atomic mass is 9.92. The van der Waals surface area contributed by atoms with Crippen LogP contribution in [0.2, 0.25) is 0 Å². The molecule has 1 aromatic rings. The molecule has 0 saturated heterocycles. The highest BCUT2D eigenvalue weighted by Crippen LogP contribution is 2.30. The van der Waals surface area contributed by atoms with E-state index in [0.29, 0.717) is 5.88 Å². The van der Waals surface area contributed by atoms with Gasteiger partial charge in [-0.1, -0.05) is 24.3 Å². The number of fused-ring (bicyclic) bond motifs is 1. The summed E-state index contributed by atoms with van der Waals surface area (Å²) in [7, 11) is 0. The second kappa shape index (κ2) is 7.10. The van der Waals surface area contributed by atoms with Crippen molar-refractivity contribution in [3.63, 3.8) is 0 Å². The van der Waals surface area contributed by atoms with Crippen LogP contribution in [0.1, 0.15) is 36.5 Å². The van der Waals surface area contributed by atoms with Crippen molar-refractivity contribution < 1.29 is 4.74 Å². The smallest absolute Gasteiger partial charge is 0.0843 e. The molecule has 1 heterocycles. The van der Waals surface area contributed by atoms with Gasteiger partial charge < -0.3 is 4.74 Å². The first-order valence-electron chi connectivity index (χ1n) is 6.56. The summed E-state index contributed by atoms with van der Waals surface area (Å²) >= 11 is 5.73. The number of halogens is 1. The Labute approximate surface area is 114 Å². The van der Waals surface area contributed by atoms with E-state index >= 15 is 0 Å². The largest absolute Gasteiger partial charge is 0.373 e. The zero-order valence-corrected chi connectivity index (χ0v) is 11.3. The highest BCUT2D eigenvalue weighted by Gasteiger charge is 2.23. The summed E-state index contributed by atoms with van der Waals surface area (Å²) < 4.78 is 5.89. The van der Waals surface area contributed by atoms with Gasteiger partial charge >= 0.3 is 0 Å². The molecule has 0 fully saturated rings. The lowest BCUT2D eigenvalue weighted by Crippen LogP contribution is -2.37. The summed E-state index contributed by atoms with van der Waals surface area (Å²) in [6, 6.07) is 8.78. The number of benzene rings is 1. The summed E-state index contributed by atoms with van der Waals surface area (Å²) in [6.07, 6.45) is 4.04. The zero-order chi connectivity index (χ0) is 12.8. The maximum absolute atomic E-state index is 5.89. The Kier molecular flexibility index (Phi) is 5.45. The summed E-state index contributed by atoms with van der Waals surface area (Å²) in [5, 5.41) is 0. The molecule has 1 aromatic carbocycles. The average Bonchev–Trinajstić information content (AvgIpc) is 2.43. The number of alkyl halides is 1. The molecule has 0 bridgehead atoms. The molecule has 100 valence electrons. The molecule has 0 saturated carbocycles. The van der Waals surface area contributed by atoms with Crippen LogP contribution in [-0.2, 0) is 11.2 Å². The van der Waals surface area contributed by atoms with Crippen molar-refractivity contribution in [1.29, 1.82) is 0 Å². The molecule has 18 heavy (non-hydrogen) atoms. The van der Waals surface area contributed by atoms with Gasteiger partial charge in [0.15, 0.2) is 0 Å². The fraction of sp³-hybridized carbons (Fsp3) is 0.571. The Morgan fingerprint density at radius 2 is 2.28 bits per heavy atom. The topological polar surface area (TPSA) is 47.3 Å². The number of rotatable bonds is 6. The first-order valence-corrected chi connectivity index (χ1v) is 7.10. The summed E-state index contributed by atoms with van der Waals surface area (Å²) in [4.78, 5) is 0. The van der Waals surface area contributed by atoms with Gasteiger partial charge in [0.05, 0.1) is 12.7 Å². The van der Waals surface area contributed by atoms with E-state index in [1.54, 1.807) is 0 Å². The SMILES string of the molecule is NNC(CCCCl)CC1OCCc2ccccc21. The van der Waals surface area contributed by atoms with E-state index in [1.165, 1.54) is 11.1 Å². The van der Waals surface area contributed by atoms with Gasteiger partial charge in [-0.25, -0.2) is 0 Å². The predicted molar refractivity (Wildman–Crippen MR) is 74.5 cm³/mol. The predicted octanol–water partition coefficient (Wildman–Crippen LogP) is 2.54. The van der Waals surface area contributed by atoms with E-state index in [0.717, 1.165) is 32.3 Å². The minimum Gasteiger partial charge on any atom is -0.373 e. The first kappa shape index (κ1) is 13.8. The molecule has 1 aliphatic rings. The third-order valence-corrected chi connectivity index (χ3v) is 3.78. The fourth-order valence-corrected chi connectivity index (χ4v) is 2.68. The van der Waals surface area contributed by atoms with Crippen molar-refractivity contribution in [3.05, 3.63) is 35.4 Å². The van der Waals surface area contributed by atoms with E-state index in [1.807, 2.05) is 0 Å². The number of hydrazine groups is 1. The molecular formula is C14H21ClN2O. The molecule has 2 rings (SSSR count). The van der Waals surface area contributed by atoms with Crippen LogP contribution in [-0.4, -0.2) is 18.5 Å². The zero-order valence-electron chi connectivity index (χ0n) is 10.6. The van der Waals surface area contributed by atoms with Crippen LogP contribution in [0.3, 0.4) is 0 Å². The molecule has 2 unspecified atom stereocenters. The highest BCUT2D eigenvalue weighted by atomic mass is 35.5. The Morgan fingerprint density at radius 1 is 1.44 bits per heavy atom. The Balaban J connectivity index is 2.01. The molecule has 1 aliphatic heterocycles. The van der Waals surface area contributed by atoms with Crippen LogP contribution in [0, 0.1) is 0 Å². The average molecular weight is 269 g/mol. The molecule has 2 atom stereocenters. The van der Waals surface area contributed by atoms with Gasteiger partial charge in [0.1, 0.15) is 0 Å². The van der Waals surface area contributed by atoms with Crippen molar-refractivity contribution in [2.75, 3.05) is 12.5 Å². The summed E-state index contributed by atoms with van der Waals surface area (Å²) in [5.74, 6) is 6.28. The molecule has 4 heteroatoms. The second-order valence-corrected chi connectivity index (χ2v) is 5.12. The van der Waals surface area contributed by atoms with Crippen molar-refractivity contribution in [2.45, 2.75) is 37.8 Å². The molecule has 3 N–H and O–H groups in total. The molecule has 0 radical (unpaired) electrons. The normalized spacial score (nSPS) is 20.4. The van der Waals surface area contributed by atoms with E-state index < -0.39 is 0 Å². The quantitative estimate of drug-likeness (QED) is 0.474. The number of nitrogens with two attached hydrogens (primary N) is 1. The number of ether oxygens (including phenoxy) is 1. The fourth-order valence-electron chi connectivity index (χ4n) is 2.52. The summed E-state index contributed by atoms with van der Waals surface area (Å²) in [6.45, 7) is 0.800. The molecule has 0 aromatic heterocycles. The van der Waals surface area contributed by atoms with Gasteiger partial charge in [-0.2, -0.15) is 0 Å². The van der Waals surface area contributed by atoms with Gasteiger partial charge in [0, 0.05) is 11.9 Å². The molecular weight excluding hydrogens is 248 g/mol. The van der Waals surface area contributed by atoms with Crippen LogP contribution < -0.4 is 11.3 Å². The summed E-state index contributed by atoms with van der Waals surface area (Å²) in [5.41, 5.74) is 5.60. The van der Waals surface area contributed by atoms with Gasteiger partial charge in [0.2, 0.25) is 0 Å². The first-order chi connectivity index (χ1) is 8.85. The number of nitrogens with one attached hydrogen (secondary N) is 1. The minimum absolute atomic E-state index is 0.159. The highest BCUT2D eigenvalue weighted by molar-refractivity contribution is 6.17. The van der Waals surface area contributed by atoms with Crippen LogP contribution in [0.4, 0.5) is 0 Å². The maximum atomic E-state index is 5.89. The van der Waals surface area contributed by atoms with E-state index in [9.17, 15) is 0 Å². The van der Waals surface area contributed by atoms with Crippen LogP contribution in [0.25, 0.3) is 0 Å². The van der Waals surface area contributed by atoms with Crippen molar-refractivity contribution in [2.24, 2.45) is 5.84 Å². The van der Waals surface area contributed by atoms with Crippen molar-refractivity contribution >= 4 is 11.6 Å². The Bertz CT molecular complexity index is 373. The molecule has 3 nitrogen and oxygen atoms in total. The maximum Gasteiger partial charge on any atom is 0.0843 e. The van der Waals surface area contributed by atoms with E-state index in [-0.39, 0.29) is 12.1 Å². The van der Waals surface area contributed by atoms with Crippen LogP contribution in [0.15, 0.2) is 24.3 Å². The Morgan fingerprint density at radius 3 is 3.06 bits per heavy atom. The monoisotopic (exact) mass is 268 g/mol. The lowest BCUT2D eigenvalue weighted by molar-refractivity contribution is 0.0288. The van der Waals surface area contributed by atoms with Gasteiger partial charge in [-0.15, -0.1) is 11.6 Å². The number of hydrogen-bond acceptors (Lipinski definition) is 3. The molecule has 0 amide bonds. The third kappa shape index (κ3) is 3.45. The minimum atomic E-state index is 0.159. The van der Waals surface area contributed by atoms with E-state index in [2.05, 4.69) is 29.7 Å². The molecule has 0 spiro atoms. The Hall–Kier alpha value is -0.610. The van der Waals surface area contributed by atoms with E-state index in [4.69, 9.17) is 22.2 Å². The van der Waals surface area contributed by atoms with Crippen LogP contribution in [0.5, 0.6) is 0 Å². The third-order valence-electron chi connectivity index (χ3n) is 3.51. The lowest BCUT2D eigenvalue weighted by Gasteiger charge is -2.29. The van der Waals surface area contributed by atoms with Gasteiger partial charge in [-0.3, -0.25) is 11.3 Å². The van der Waals surface area contributed by atoms with Gasteiger partial charge in [-0.05, 0) is 36.8 Å².